The third-order valence-corrected chi connectivity index (χ3v) is 16.3. The van der Waals surface area contributed by atoms with Crippen molar-refractivity contribution in [3.63, 3.8) is 0 Å². The van der Waals surface area contributed by atoms with E-state index in [-0.39, 0.29) is 31.1 Å². The second kappa shape index (κ2) is 69.9. The molecule has 0 N–H and O–H groups in total. The summed E-state index contributed by atoms with van der Waals surface area (Å²) in [6.45, 7) is 6.58. The Balaban J connectivity index is 4.14. The van der Waals surface area contributed by atoms with Crippen molar-refractivity contribution in [1.82, 2.24) is 0 Å². The molecule has 0 saturated heterocycles. The van der Waals surface area contributed by atoms with E-state index in [1.807, 2.05) is 0 Å². The number of carbonyl (C=O) groups excluding carboxylic acids is 3. The lowest BCUT2D eigenvalue weighted by molar-refractivity contribution is -0.167. The molecule has 0 aliphatic heterocycles. The van der Waals surface area contributed by atoms with Gasteiger partial charge in [0.15, 0.2) is 6.10 Å². The Bertz CT molecular complexity index is 1400. The average molecular weight is 1140 g/mol. The Hall–Kier alpha value is -2.63. The molecule has 0 fully saturated rings. The summed E-state index contributed by atoms with van der Waals surface area (Å²) < 4.78 is 17.0. The first-order chi connectivity index (χ1) is 40.0. The second-order valence-corrected chi connectivity index (χ2v) is 24.5. The van der Waals surface area contributed by atoms with Gasteiger partial charge in [-0.3, -0.25) is 14.4 Å². The first-order valence-corrected chi connectivity index (χ1v) is 36.1. The second-order valence-electron chi connectivity index (χ2n) is 24.5. The van der Waals surface area contributed by atoms with E-state index in [0.29, 0.717) is 19.3 Å². The Labute approximate surface area is 505 Å². The van der Waals surface area contributed by atoms with E-state index in [2.05, 4.69) is 69.4 Å². The molecular weight excluding hydrogens is 997 g/mol. The minimum atomic E-state index is -0.784. The van der Waals surface area contributed by atoms with E-state index in [9.17, 15) is 14.4 Å². The summed E-state index contributed by atoms with van der Waals surface area (Å²) in [7, 11) is 0. The molecule has 0 aliphatic carbocycles. The quantitative estimate of drug-likeness (QED) is 0.0261. The number of hydrogen-bond acceptors (Lipinski definition) is 6. The van der Waals surface area contributed by atoms with Gasteiger partial charge in [0.05, 0.1) is 0 Å². The predicted octanol–water partition coefficient (Wildman–Crippen LogP) is 24.9. The van der Waals surface area contributed by atoms with E-state index in [1.165, 1.54) is 257 Å². The molecule has 0 aromatic rings. The van der Waals surface area contributed by atoms with E-state index < -0.39 is 6.10 Å². The normalized spacial score (nSPS) is 12.3. The minimum Gasteiger partial charge on any atom is -0.462 e. The Morgan fingerprint density at radius 1 is 0.259 bits per heavy atom. The van der Waals surface area contributed by atoms with Crippen molar-refractivity contribution in [2.75, 3.05) is 13.2 Å². The van der Waals surface area contributed by atoms with Crippen LogP contribution in [0.15, 0.2) is 48.6 Å². The molecule has 0 amide bonds. The van der Waals surface area contributed by atoms with Gasteiger partial charge in [0, 0.05) is 19.3 Å². The van der Waals surface area contributed by atoms with Crippen molar-refractivity contribution in [2.45, 2.75) is 399 Å². The molecule has 1 atom stereocenters. The largest absolute Gasteiger partial charge is 0.462 e. The number of hydrogen-bond donors (Lipinski definition) is 0. The highest BCUT2D eigenvalue weighted by Gasteiger charge is 2.19. The third kappa shape index (κ3) is 68.0. The van der Waals surface area contributed by atoms with Crippen LogP contribution in [-0.2, 0) is 28.6 Å². The van der Waals surface area contributed by atoms with Gasteiger partial charge in [-0.2, -0.15) is 0 Å². The summed E-state index contributed by atoms with van der Waals surface area (Å²) in [5.41, 5.74) is 0. The number of unbranched alkanes of at least 4 members (excludes halogenated alkanes) is 48. The van der Waals surface area contributed by atoms with E-state index >= 15 is 0 Å². The zero-order valence-electron chi connectivity index (χ0n) is 54.6. The molecule has 1 unspecified atom stereocenters. The first kappa shape index (κ1) is 78.4. The molecule has 0 rings (SSSR count). The summed E-state index contributed by atoms with van der Waals surface area (Å²) >= 11 is 0. The van der Waals surface area contributed by atoms with Gasteiger partial charge in [-0.15, -0.1) is 0 Å². The number of ether oxygens (including phenoxy) is 3. The van der Waals surface area contributed by atoms with Gasteiger partial charge in [-0.05, 0) is 57.8 Å². The minimum absolute atomic E-state index is 0.0782. The summed E-state index contributed by atoms with van der Waals surface area (Å²) in [5, 5.41) is 0. The number of rotatable bonds is 67. The molecule has 474 valence electrons. The van der Waals surface area contributed by atoms with Crippen LogP contribution in [0.1, 0.15) is 393 Å². The molecule has 0 saturated carbocycles. The molecular formula is C75H138O6. The highest BCUT2D eigenvalue weighted by atomic mass is 16.6. The van der Waals surface area contributed by atoms with Crippen molar-refractivity contribution < 1.29 is 28.6 Å². The van der Waals surface area contributed by atoms with Gasteiger partial charge >= 0.3 is 17.9 Å². The summed E-state index contributed by atoms with van der Waals surface area (Å²) in [6.07, 6.45) is 88.8. The highest BCUT2D eigenvalue weighted by Crippen LogP contribution is 2.19. The van der Waals surface area contributed by atoms with Crippen molar-refractivity contribution in [3.8, 4) is 0 Å². The lowest BCUT2D eigenvalue weighted by atomic mass is 10.0. The van der Waals surface area contributed by atoms with E-state index in [0.717, 1.165) is 96.3 Å². The Kier molecular flexibility index (Phi) is 67.6. The van der Waals surface area contributed by atoms with Crippen LogP contribution < -0.4 is 0 Å². The first-order valence-electron chi connectivity index (χ1n) is 36.1. The highest BCUT2D eigenvalue weighted by molar-refractivity contribution is 5.71. The molecule has 81 heavy (non-hydrogen) atoms. The predicted molar refractivity (Wildman–Crippen MR) is 353 cm³/mol. The summed E-state index contributed by atoms with van der Waals surface area (Å²) in [5.74, 6) is -0.876. The lowest BCUT2D eigenvalue weighted by Crippen LogP contribution is -2.30. The third-order valence-electron chi connectivity index (χ3n) is 16.3. The molecule has 0 bridgehead atoms. The van der Waals surface area contributed by atoms with Crippen molar-refractivity contribution in [1.29, 1.82) is 0 Å². The number of carbonyl (C=O) groups is 3. The maximum Gasteiger partial charge on any atom is 0.306 e. The van der Waals surface area contributed by atoms with Crippen molar-refractivity contribution >= 4 is 17.9 Å². The van der Waals surface area contributed by atoms with Crippen LogP contribution in [0.5, 0.6) is 0 Å². The summed E-state index contributed by atoms with van der Waals surface area (Å²) in [4.78, 5) is 38.4. The molecule has 6 nitrogen and oxygen atoms in total. The molecule has 6 heteroatoms. The van der Waals surface area contributed by atoms with Gasteiger partial charge in [0.1, 0.15) is 13.2 Å². The van der Waals surface area contributed by atoms with Crippen LogP contribution >= 0.6 is 0 Å². The topological polar surface area (TPSA) is 78.9 Å². The van der Waals surface area contributed by atoms with Crippen molar-refractivity contribution in [3.05, 3.63) is 48.6 Å². The fraction of sp³-hybridized carbons (Fsp3) is 0.853. The standard InChI is InChI=1S/C75H138O6/c1-4-7-10-13-16-19-22-25-28-30-31-32-33-34-35-36-37-38-39-40-41-42-43-44-46-47-50-53-56-59-62-65-68-74(77)80-71-72(70-79-73(76)67-64-61-58-55-52-49-27-24-21-18-15-12-9-6-3)81-75(78)69-66-63-60-57-54-51-48-45-29-26-23-20-17-14-11-8-5-2/h8,11,17,20,26,29,48,51,72H,4-7,9-10,12-16,18-19,21-25,27-28,30-47,49-50,52-71H2,1-3H3/b11-8-,20-17-,29-26-,51-48-. The van der Waals surface area contributed by atoms with Gasteiger partial charge in [-0.1, -0.05) is 365 Å². The van der Waals surface area contributed by atoms with Gasteiger partial charge in [0.2, 0.25) is 0 Å². The van der Waals surface area contributed by atoms with E-state index in [1.54, 1.807) is 0 Å². The molecule has 0 spiro atoms. The maximum absolute atomic E-state index is 12.9. The fourth-order valence-electron chi connectivity index (χ4n) is 11.0. The van der Waals surface area contributed by atoms with Gasteiger partial charge in [0.25, 0.3) is 0 Å². The van der Waals surface area contributed by atoms with Crippen molar-refractivity contribution in [2.24, 2.45) is 0 Å². The van der Waals surface area contributed by atoms with Crippen LogP contribution in [-0.4, -0.2) is 37.2 Å². The Morgan fingerprint density at radius 3 is 0.753 bits per heavy atom. The molecule has 0 aromatic heterocycles. The summed E-state index contributed by atoms with van der Waals surface area (Å²) in [6, 6.07) is 0. The zero-order chi connectivity index (χ0) is 58.5. The van der Waals surface area contributed by atoms with Crippen LogP contribution in [0.3, 0.4) is 0 Å². The van der Waals surface area contributed by atoms with Crippen LogP contribution in [0.2, 0.25) is 0 Å². The average Bonchev–Trinajstić information content (AvgIpc) is 3.47. The number of esters is 3. The maximum atomic E-state index is 12.9. The Morgan fingerprint density at radius 2 is 0.481 bits per heavy atom. The monoisotopic (exact) mass is 1140 g/mol. The molecule has 0 heterocycles. The number of allylic oxidation sites excluding steroid dienone is 8. The van der Waals surface area contributed by atoms with Crippen LogP contribution in [0.25, 0.3) is 0 Å². The smallest absolute Gasteiger partial charge is 0.306 e. The SMILES string of the molecule is CC/C=C\C/C=C\C/C=C\C/C=C\CCCCCCC(=O)OC(COC(=O)CCCCCCCCCCCCCCCC)COC(=O)CCCCCCCCCCCCCCCCCCCCCCCCCCCCCCCCCC. The molecule has 0 radical (unpaired) electrons. The molecule has 0 aromatic carbocycles. The fourth-order valence-corrected chi connectivity index (χ4v) is 11.0. The zero-order valence-corrected chi connectivity index (χ0v) is 54.6. The van der Waals surface area contributed by atoms with Gasteiger partial charge in [-0.25, -0.2) is 0 Å². The van der Waals surface area contributed by atoms with Gasteiger partial charge < -0.3 is 14.2 Å². The van der Waals surface area contributed by atoms with Crippen LogP contribution in [0, 0.1) is 0 Å². The van der Waals surface area contributed by atoms with Crippen LogP contribution in [0.4, 0.5) is 0 Å². The van der Waals surface area contributed by atoms with E-state index in [4.69, 9.17) is 14.2 Å². The molecule has 0 aliphatic rings. The lowest BCUT2D eigenvalue weighted by Gasteiger charge is -2.18.